The number of aliphatic carboxylic acids is 1. The molecule has 1 atom stereocenters. The summed E-state index contributed by atoms with van der Waals surface area (Å²) in [5.41, 5.74) is -1.53. The third-order valence-corrected chi connectivity index (χ3v) is 3.81. The Bertz CT molecular complexity index is 248. The highest BCUT2D eigenvalue weighted by Gasteiger charge is 2.34. The number of hydrogen-bond acceptors (Lipinski definition) is 2. The van der Waals surface area contributed by atoms with Crippen LogP contribution >= 0.6 is 7.60 Å². The van der Waals surface area contributed by atoms with E-state index in [1.165, 1.54) is 0 Å². The first-order valence-corrected chi connectivity index (χ1v) is 7.35. The normalized spacial score (nSPS) is 13.7. The Morgan fingerprint density at radius 2 is 1.62 bits per heavy atom. The first-order valence-electron chi connectivity index (χ1n) is 5.67. The maximum absolute atomic E-state index is 10.9. The van der Waals surface area contributed by atoms with E-state index in [4.69, 9.17) is 14.9 Å². The number of rotatable bonds is 9. The molecule has 0 heterocycles. The van der Waals surface area contributed by atoms with E-state index in [0.717, 1.165) is 32.1 Å². The van der Waals surface area contributed by atoms with Crippen LogP contribution in [0.5, 0.6) is 0 Å². The Labute approximate surface area is 96.0 Å². The summed E-state index contributed by atoms with van der Waals surface area (Å²) in [7, 11) is -4.49. The van der Waals surface area contributed by atoms with Gasteiger partial charge >= 0.3 is 13.6 Å². The van der Waals surface area contributed by atoms with E-state index in [0.29, 0.717) is 6.42 Å². The molecule has 96 valence electrons. The van der Waals surface area contributed by atoms with Crippen molar-refractivity contribution in [3.05, 3.63) is 0 Å². The van der Waals surface area contributed by atoms with E-state index in [-0.39, 0.29) is 6.42 Å². The van der Waals surface area contributed by atoms with Crippen molar-refractivity contribution in [2.75, 3.05) is 0 Å². The Kier molecular flexibility index (Phi) is 7.64. The minimum atomic E-state index is -4.49. The van der Waals surface area contributed by atoms with Crippen LogP contribution in [0.1, 0.15) is 51.9 Å². The van der Waals surface area contributed by atoms with Gasteiger partial charge in [0.25, 0.3) is 0 Å². The van der Waals surface area contributed by atoms with Gasteiger partial charge in [0.15, 0.2) is 5.66 Å². The topological polar surface area (TPSA) is 94.8 Å². The number of carbonyl (C=O) groups is 1. The molecule has 0 aromatic rings. The monoisotopic (exact) mass is 252 g/mol. The molecule has 0 saturated heterocycles. The highest BCUT2D eigenvalue weighted by atomic mass is 31.2. The predicted octanol–water partition coefficient (Wildman–Crippen LogP) is 2.37. The maximum atomic E-state index is 10.9. The molecule has 0 aromatic carbocycles. The summed E-state index contributed by atoms with van der Waals surface area (Å²) in [4.78, 5) is 28.3. The average Bonchev–Trinajstić information content (AvgIpc) is 2.13. The van der Waals surface area contributed by atoms with E-state index < -0.39 is 19.2 Å². The lowest BCUT2D eigenvalue weighted by atomic mass is 10.1. The summed E-state index contributed by atoms with van der Waals surface area (Å²) in [5.74, 6) is -1.40. The van der Waals surface area contributed by atoms with Gasteiger partial charge in [0.2, 0.25) is 0 Å². The molecule has 0 unspecified atom stereocenters. The third-order valence-electron chi connectivity index (χ3n) is 2.52. The van der Waals surface area contributed by atoms with Crippen LogP contribution < -0.4 is 0 Å². The summed E-state index contributed by atoms with van der Waals surface area (Å²) in [5, 5.41) is 8.66. The van der Waals surface area contributed by atoms with Gasteiger partial charge in [-0.1, -0.05) is 45.4 Å². The third kappa shape index (κ3) is 6.99. The first-order chi connectivity index (χ1) is 7.39. The summed E-state index contributed by atoms with van der Waals surface area (Å²) < 4.78 is 10.9. The van der Waals surface area contributed by atoms with Crippen molar-refractivity contribution in [2.45, 2.75) is 57.5 Å². The highest BCUT2D eigenvalue weighted by Crippen LogP contribution is 2.43. The molecule has 0 aliphatic heterocycles. The Balaban J connectivity index is 3.79. The first kappa shape index (κ1) is 15.6. The van der Waals surface area contributed by atoms with Crippen molar-refractivity contribution >= 4 is 13.6 Å². The lowest BCUT2D eigenvalue weighted by Gasteiger charge is -2.13. The zero-order chi connectivity index (χ0) is 12.6. The Morgan fingerprint density at radius 1 is 1.12 bits per heavy atom. The SMILES string of the molecule is CCCCCCCC[C@@H](C(=O)O)P(=O)(O)O. The predicted molar refractivity (Wildman–Crippen MR) is 61.5 cm³/mol. The molecule has 3 N–H and O–H groups in total. The van der Waals surface area contributed by atoms with Gasteiger partial charge in [-0.3, -0.25) is 9.36 Å². The van der Waals surface area contributed by atoms with E-state index in [9.17, 15) is 9.36 Å². The van der Waals surface area contributed by atoms with Gasteiger partial charge in [-0.15, -0.1) is 0 Å². The van der Waals surface area contributed by atoms with Crippen LogP contribution in [0, 0.1) is 0 Å². The summed E-state index contributed by atoms with van der Waals surface area (Å²) >= 11 is 0. The van der Waals surface area contributed by atoms with Crippen molar-refractivity contribution in [3.63, 3.8) is 0 Å². The molecule has 0 amide bonds. The van der Waals surface area contributed by atoms with Crippen LogP contribution in [0.2, 0.25) is 0 Å². The van der Waals surface area contributed by atoms with Gasteiger partial charge < -0.3 is 14.9 Å². The summed E-state index contributed by atoms with van der Waals surface area (Å²) in [6.07, 6.45) is 5.86. The van der Waals surface area contributed by atoms with Gasteiger partial charge in [-0.2, -0.15) is 0 Å². The van der Waals surface area contributed by atoms with Crippen LogP contribution in [0.15, 0.2) is 0 Å². The lowest BCUT2D eigenvalue weighted by Crippen LogP contribution is -2.20. The van der Waals surface area contributed by atoms with Crippen molar-refractivity contribution in [2.24, 2.45) is 0 Å². The molecular formula is C10H21O5P. The smallest absolute Gasteiger partial charge is 0.339 e. The maximum Gasteiger partial charge on any atom is 0.339 e. The van der Waals surface area contributed by atoms with Gasteiger partial charge in [0.05, 0.1) is 0 Å². The molecule has 16 heavy (non-hydrogen) atoms. The van der Waals surface area contributed by atoms with Gasteiger partial charge in [-0.25, -0.2) is 0 Å². The molecule has 0 fully saturated rings. The van der Waals surface area contributed by atoms with Crippen molar-refractivity contribution in [3.8, 4) is 0 Å². The Morgan fingerprint density at radius 3 is 2.06 bits per heavy atom. The largest absolute Gasteiger partial charge is 0.481 e. The fourth-order valence-electron chi connectivity index (χ4n) is 1.55. The average molecular weight is 252 g/mol. The molecule has 0 saturated carbocycles. The second kappa shape index (κ2) is 7.82. The van der Waals surface area contributed by atoms with Crippen LogP contribution in [0.25, 0.3) is 0 Å². The molecule has 0 aliphatic carbocycles. The quantitative estimate of drug-likeness (QED) is 0.432. The van der Waals surface area contributed by atoms with Gasteiger partial charge in [-0.05, 0) is 6.42 Å². The molecular weight excluding hydrogens is 231 g/mol. The zero-order valence-corrected chi connectivity index (χ0v) is 10.5. The van der Waals surface area contributed by atoms with Crippen molar-refractivity contribution in [1.29, 1.82) is 0 Å². The minimum Gasteiger partial charge on any atom is -0.481 e. The fraction of sp³-hybridized carbons (Fsp3) is 0.900. The van der Waals surface area contributed by atoms with E-state index in [1.807, 2.05) is 0 Å². The molecule has 0 aromatic heterocycles. The number of carboxylic acids is 1. The van der Waals surface area contributed by atoms with E-state index >= 15 is 0 Å². The number of hydrogen-bond donors (Lipinski definition) is 3. The highest BCUT2D eigenvalue weighted by molar-refractivity contribution is 7.53. The molecule has 6 heteroatoms. The van der Waals surface area contributed by atoms with E-state index in [2.05, 4.69) is 6.92 Å². The van der Waals surface area contributed by atoms with Gasteiger partial charge in [0, 0.05) is 0 Å². The molecule has 0 spiro atoms. The zero-order valence-electron chi connectivity index (χ0n) is 9.63. The number of unbranched alkanes of at least 4 members (excludes halogenated alkanes) is 5. The summed E-state index contributed by atoms with van der Waals surface area (Å²) in [6.45, 7) is 2.11. The lowest BCUT2D eigenvalue weighted by molar-refractivity contribution is -0.137. The van der Waals surface area contributed by atoms with E-state index in [1.54, 1.807) is 0 Å². The standard InChI is InChI=1S/C10H21O5P/c1-2-3-4-5-6-7-8-9(10(11)12)16(13,14)15/h9H,2-8H2,1H3,(H,11,12)(H2,13,14,15)/t9-/m0/s1. The summed E-state index contributed by atoms with van der Waals surface area (Å²) in [6, 6.07) is 0. The fourth-order valence-corrected chi connectivity index (χ4v) is 2.36. The van der Waals surface area contributed by atoms with Crippen LogP contribution in [0.4, 0.5) is 0 Å². The second-order valence-electron chi connectivity index (χ2n) is 4.00. The minimum absolute atomic E-state index is 0.0612. The molecule has 0 rings (SSSR count). The van der Waals surface area contributed by atoms with Crippen LogP contribution in [0.3, 0.4) is 0 Å². The molecule has 0 aliphatic rings. The molecule has 0 bridgehead atoms. The molecule has 5 nitrogen and oxygen atoms in total. The van der Waals surface area contributed by atoms with Crippen molar-refractivity contribution in [1.82, 2.24) is 0 Å². The van der Waals surface area contributed by atoms with Crippen LogP contribution in [-0.2, 0) is 9.36 Å². The Hall–Kier alpha value is -0.380. The van der Waals surface area contributed by atoms with Gasteiger partial charge in [0.1, 0.15) is 0 Å². The van der Waals surface area contributed by atoms with Crippen LogP contribution in [-0.4, -0.2) is 26.5 Å². The molecule has 0 radical (unpaired) electrons. The second-order valence-corrected chi connectivity index (χ2v) is 5.80. The number of carboxylic acid groups (broad SMARTS) is 1. The van der Waals surface area contributed by atoms with Crippen molar-refractivity contribution < 1.29 is 24.3 Å².